The zero-order valence-corrected chi connectivity index (χ0v) is 13.3. The van der Waals surface area contributed by atoms with E-state index >= 15 is 0 Å². The first kappa shape index (κ1) is 14.6. The molecule has 112 valence electrons. The number of hydrogen-bond acceptors (Lipinski definition) is 2. The predicted molar refractivity (Wildman–Crippen MR) is 82.0 cm³/mol. The van der Waals surface area contributed by atoms with Gasteiger partial charge in [-0.05, 0) is 43.4 Å². The van der Waals surface area contributed by atoms with Crippen LogP contribution in [0.25, 0.3) is 0 Å². The van der Waals surface area contributed by atoms with Crippen molar-refractivity contribution in [1.82, 2.24) is 5.32 Å². The molecule has 0 atom stereocenters. The van der Waals surface area contributed by atoms with Crippen molar-refractivity contribution in [3.05, 3.63) is 34.3 Å². The lowest BCUT2D eigenvalue weighted by atomic mass is 9.91. The Morgan fingerprint density at radius 3 is 2.10 bits per heavy atom. The molecule has 0 heterocycles. The number of carboxylic acids is 1. The van der Waals surface area contributed by atoms with Crippen molar-refractivity contribution >= 4 is 27.8 Å². The van der Waals surface area contributed by atoms with Gasteiger partial charge in [-0.15, -0.1) is 0 Å². The topological polar surface area (TPSA) is 66.4 Å². The van der Waals surface area contributed by atoms with Crippen molar-refractivity contribution in [1.29, 1.82) is 0 Å². The number of halogens is 1. The fourth-order valence-corrected chi connectivity index (χ4v) is 3.51. The van der Waals surface area contributed by atoms with Gasteiger partial charge < -0.3 is 10.4 Å². The zero-order valence-electron chi connectivity index (χ0n) is 11.7. The summed E-state index contributed by atoms with van der Waals surface area (Å²) >= 11 is 3.39. The molecule has 0 aliphatic heterocycles. The minimum Gasteiger partial charge on any atom is -0.480 e. The Bertz CT molecular complexity index is 572. The molecular formula is C16H18BrNO3. The van der Waals surface area contributed by atoms with Crippen molar-refractivity contribution in [2.24, 2.45) is 0 Å². The first-order valence-electron chi connectivity index (χ1n) is 7.31. The minimum atomic E-state index is -1.05. The molecule has 3 rings (SSSR count). The molecule has 0 bridgehead atoms. The van der Waals surface area contributed by atoms with Crippen LogP contribution in [-0.4, -0.2) is 22.5 Å². The van der Waals surface area contributed by atoms with E-state index in [0.717, 1.165) is 35.7 Å². The quantitative estimate of drug-likeness (QED) is 0.876. The molecule has 0 aromatic heterocycles. The summed E-state index contributed by atoms with van der Waals surface area (Å²) in [4.78, 5) is 24.3. The van der Waals surface area contributed by atoms with E-state index in [1.807, 2.05) is 24.3 Å². The Kier molecular flexibility index (Phi) is 3.56. The largest absolute Gasteiger partial charge is 0.480 e. The van der Waals surface area contributed by atoms with Crippen LogP contribution in [0, 0.1) is 0 Å². The highest BCUT2D eigenvalue weighted by Gasteiger charge is 2.54. The number of amides is 1. The van der Waals surface area contributed by atoms with Gasteiger partial charge in [-0.1, -0.05) is 40.9 Å². The molecular weight excluding hydrogens is 334 g/mol. The SMILES string of the molecule is O=C(O)C1(NC(=O)C2(c3ccc(Br)cc3)CC2)CCCC1. The third-order valence-corrected chi connectivity index (χ3v) is 5.33. The number of benzene rings is 1. The summed E-state index contributed by atoms with van der Waals surface area (Å²) < 4.78 is 0.972. The van der Waals surface area contributed by atoms with Crippen molar-refractivity contribution in [3.63, 3.8) is 0 Å². The Balaban J connectivity index is 1.82. The van der Waals surface area contributed by atoms with E-state index in [0.29, 0.717) is 12.8 Å². The molecule has 0 unspecified atom stereocenters. The van der Waals surface area contributed by atoms with E-state index in [-0.39, 0.29) is 5.91 Å². The van der Waals surface area contributed by atoms with Crippen LogP contribution in [0.4, 0.5) is 0 Å². The summed E-state index contributed by atoms with van der Waals surface area (Å²) in [5.74, 6) is -1.03. The van der Waals surface area contributed by atoms with Gasteiger partial charge in [-0.3, -0.25) is 4.79 Å². The van der Waals surface area contributed by atoms with Crippen LogP contribution in [0.1, 0.15) is 44.1 Å². The third-order valence-electron chi connectivity index (χ3n) is 4.80. The summed E-state index contributed by atoms with van der Waals surface area (Å²) in [5.41, 5.74) is -0.602. The highest BCUT2D eigenvalue weighted by molar-refractivity contribution is 9.10. The van der Waals surface area contributed by atoms with E-state index < -0.39 is 16.9 Å². The number of aliphatic carboxylic acids is 1. The number of carboxylic acid groups (broad SMARTS) is 1. The Morgan fingerprint density at radius 1 is 1.05 bits per heavy atom. The van der Waals surface area contributed by atoms with Gasteiger partial charge in [0.2, 0.25) is 5.91 Å². The van der Waals surface area contributed by atoms with E-state index in [4.69, 9.17) is 0 Å². The first-order chi connectivity index (χ1) is 9.98. The summed E-state index contributed by atoms with van der Waals surface area (Å²) in [6.45, 7) is 0. The molecule has 2 N–H and O–H groups in total. The van der Waals surface area contributed by atoms with Crippen molar-refractivity contribution in [2.45, 2.75) is 49.5 Å². The molecule has 0 radical (unpaired) electrons. The van der Waals surface area contributed by atoms with Crippen LogP contribution in [0.2, 0.25) is 0 Å². The van der Waals surface area contributed by atoms with Gasteiger partial charge in [0.15, 0.2) is 0 Å². The molecule has 2 fully saturated rings. The third kappa shape index (κ3) is 2.48. The molecule has 2 aliphatic rings. The number of hydrogen-bond donors (Lipinski definition) is 2. The number of carbonyl (C=O) groups excluding carboxylic acids is 1. The van der Waals surface area contributed by atoms with E-state index in [1.165, 1.54) is 0 Å². The summed E-state index contributed by atoms with van der Waals surface area (Å²) in [5, 5.41) is 12.3. The minimum absolute atomic E-state index is 0.130. The summed E-state index contributed by atoms with van der Waals surface area (Å²) in [6, 6.07) is 7.73. The van der Waals surface area contributed by atoms with Crippen molar-refractivity contribution in [2.75, 3.05) is 0 Å². The lowest BCUT2D eigenvalue weighted by Crippen LogP contribution is -2.55. The highest BCUT2D eigenvalue weighted by atomic mass is 79.9. The van der Waals surface area contributed by atoms with Crippen LogP contribution < -0.4 is 5.32 Å². The fourth-order valence-electron chi connectivity index (χ4n) is 3.25. The van der Waals surface area contributed by atoms with E-state index in [1.54, 1.807) is 0 Å². The normalized spacial score (nSPS) is 21.8. The second kappa shape index (κ2) is 5.13. The smallest absolute Gasteiger partial charge is 0.329 e. The van der Waals surface area contributed by atoms with E-state index in [9.17, 15) is 14.7 Å². The Labute approximate surface area is 132 Å². The highest BCUT2D eigenvalue weighted by Crippen LogP contribution is 2.49. The maximum absolute atomic E-state index is 12.7. The predicted octanol–water partition coefficient (Wildman–Crippen LogP) is 2.99. The molecule has 4 nitrogen and oxygen atoms in total. The van der Waals surface area contributed by atoms with Crippen LogP contribution in [0.15, 0.2) is 28.7 Å². The van der Waals surface area contributed by atoms with Gasteiger partial charge in [0.05, 0.1) is 5.41 Å². The molecule has 1 aromatic carbocycles. The van der Waals surface area contributed by atoms with Gasteiger partial charge >= 0.3 is 5.97 Å². The first-order valence-corrected chi connectivity index (χ1v) is 8.10. The molecule has 2 aliphatic carbocycles. The number of carbonyl (C=O) groups is 2. The molecule has 0 saturated heterocycles. The molecule has 2 saturated carbocycles. The van der Waals surface area contributed by atoms with Crippen molar-refractivity contribution < 1.29 is 14.7 Å². The van der Waals surface area contributed by atoms with Crippen LogP contribution in [-0.2, 0) is 15.0 Å². The maximum atomic E-state index is 12.7. The number of nitrogens with one attached hydrogen (secondary N) is 1. The molecule has 1 aromatic rings. The van der Waals surface area contributed by atoms with Gasteiger partial charge in [-0.2, -0.15) is 0 Å². The van der Waals surface area contributed by atoms with Crippen molar-refractivity contribution in [3.8, 4) is 0 Å². The van der Waals surface area contributed by atoms with Crippen LogP contribution in [0.3, 0.4) is 0 Å². The maximum Gasteiger partial charge on any atom is 0.329 e. The Hall–Kier alpha value is -1.36. The van der Waals surface area contributed by atoms with Gasteiger partial charge in [-0.25, -0.2) is 4.79 Å². The zero-order chi connectivity index (χ0) is 15.1. The van der Waals surface area contributed by atoms with Gasteiger partial charge in [0.1, 0.15) is 5.54 Å². The van der Waals surface area contributed by atoms with Crippen LogP contribution in [0.5, 0.6) is 0 Å². The van der Waals surface area contributed by atoms with Crippen LogP contribution >= 0.6 is 15.9 Å². The fraction of sp³-hybridized carbons (Fsp3) is 0.500. The molecule has 1 amide bonds. The second-order valence-electron chi connectivity index (χ2n) is 6.14. The monoisotopic (exact) mass is 351 g/mol. The average molecular weight is 352 g/mol. The Morgan fingerprint density at radius 2 is 1.62 bits per heavy atom. The standard InChI is InChI=1S/C16H18BrNO3/c17-12-5-3-11(4-6-12)15(9-10-15)13(19)18-16(14(20)21)7-1-2-8-16/h3-6H,1-2,7-10H2,(H,18,19)(H,20,21). The second-order valence-corrected chi connectivity index (χ2v) is 7.05. The molecule has 21 heavy (non-hydrogen) atoms. The average Bonchev–Trinajstić information content (AvgIpc) is 3.13. The lowest BCUT2D eigenvalue weighted by Gasteiger charge is -2.28. The summed E-state index contributed by atoms with van der Waals surface area (Å²) in [7, 11) is 0. The lowest BCUT2D eigenvalue weighted by molar-refractivity contribution is -0.147. The summed E-state index contributed by atoms with van der Waals surface area (Å²) in [6.07, 6.45) is 4.36. The molecule has 0 spiro atoms. The van der Waals surface area contributed by atoms with E-state index in [2.05, 4.69) is 21.2 Å². The van der Waals surface area contributed by atoms with Gasteiger partial charge in [0, 0.05) is 4.47 Å². The molecule has 5 heteroatoms. The number of rotatable bonds is 4. The van der Waals surface area contributed by atoms with Gasteiger partial charge in [0.25, 0.3) is 0 Å².